The van der Waals surface area contributed by atoms with E-state index in [2.05, 4.69) is 23.8 Å². The second-order valence-corrected chi connectivity index (χ2v) is 3.11. The highest BCUT2D eigenvalue weighted by atomic mass is 14.9. The Labute approximate surface area is 82.9 Å². The minimum absolute atomic E-state index is 0. The molecule has 0 N–H and O–H groups in total. The molecule has 0 unspecified atom stereocenters. The number of aromatic nitrogens is 2. The van der Waals surface area contributed by atoms with E-state index in [1.165, 1.54) is 5.56 Å². The van der Waals surface area contributed by atoms with Crippen LogP contribution in [0.3, 0.4) is 0 Å². The van der Waals surface area contributed by atoms with Gasteiger partial charge in [0.1, 0.15) is 5.82 Å². The van der Waals surface area contributed by atoms with Gasteiger partial charge in [-0.25, -0.2) is 9.97 Å². The van der Waals surface area contributed by atoms with E-state index in [9.17, 15) is 0 Å². The lowest BCUT2D eigenvalue weighted by molar-refractivity contribution is 0.819. The molecule has 0 radical (unpaired) electrons. The average molecular weight is 182 g/mol. The van der Waals surface area contributed by atoms with Crippen molar-refractivity contribution in [2.45, 2.75) is 47.5 Å². The van der Waals surface area contributed by atoms with Crippen LogP contribution in [-0.2, 0) is 0 Å². The Morgan fingerprint density at radius 1 is 1.23 bits per heavy atom. The minimum atomic E-state index is 0. The van der Waals surface area contributed by atoms with Gasteiger partial charge in [-0.05, 0) is 25.3 Å². The first-order valence-electron chi connectivity index (χ1n) is 4.91. The molecule has 76 valence electrons. The van der Waals surface area contributed by atoms with Crippen LogP contribution in [0.15, 0.2) is 6.20 Å². The molecule has 0 aliphatic heterocycles. The first-order chi connectivity index (χ1) is 6.11. The molecule has 0 aromatic carbocycles. The van der Waals surface area contributed by atoms with Crippen LogP contribution in [0.25, 0.3) is 0 Å². The van der Waals surface area contributed by atoms with Crippen molar-refractivity contribution < 1.29 is 1.43 Å². The molecule has 0 amide bonds. The summed E-state index contributed by atoms with van der Waals surface area (Å²) in [5.74, 6) is 1.38. The first kappa shape index (κ1) is 12.1. The largest absolute Gasteiger partial charge is 0.241 e. The predicted molar refractivity (Wildman–Crippen MR) is 59.1 cm³/mol. The molecule has 0 spiro atoms. The summed E-state index contributed by atoms with van der Waals surface area (Å²) in [5.41, 5.74) is 2.35. The van der Waals surface area contributed by atoms with E-state index in [-0.39, 0.29) is 1.43 Å². The van der Waals surface area contributed by atoms with Gasteiger partial charge in [-0.2, -0.15) is 0 Å². The third-order valence-electron chi connectivity index (χ3n) is 1.76. The molecule has 0 aliphatic carbocycles. The molecule has 0 saturated carbocycles. The van der Waals surface area contributed by atoms with E-state index >= 15 is 0 Å². The fraction of sp³-hybridized carbons (Fsp3) is 0.636. The molecule has 13 heavy (non-hydrogen) atoms. The summed E-state index contributed by atoms with van der Waals surface area (Å²) in [5, 5.41) is 0. The number of nitrogens with zero attached hydrogens (tertiary/aromatic N) is 2. The Hall–Kier alpha value is -0.920. The van der Waals surface area contributed by atoms with Crippen LogP contribution in [0.4, 0.5) is 0 Å². The van der Waals surface area contributed by atoms with Gasteiger partial charge in [-0.15, -0.1) is 0 Å². The fourth-order valence-corrected chi connectivity index (χ4v) is 1.16. The molecular formula is C11H22N2. The van der Waals surface area contributed by atoms with E-state index < -0.39 is 0 Å². The highest BCUT2D eigenvalue weighted by Gasteiger charge is 2.03. The monoisotopic (exact) mass is 182 g/mol. The third kappa shape index (κ3) is 3.53. The third-order valence-corrected chi connectivity index (χ3v) is 1.76. The maximum atomic E-state index is 4.28. The zero-order valence-electron chi connectivity index (χ0n) is 9.55. The van der Waals surface area contributed by atoms with Crippen molar-refractivity contribution in [3.8, 4) is 0 Å². The van der Waals surface area contributed by atoms with Crippen LogP contribution in [0.5, 0.6) is 0 Å². The quantitative estimate of drug-likeness (QED) is 0.664. The fourth-order valence-electron chi connectivity index (χ4n) is 1.16. The van der Waals surface area contributed by atoms with E-state index in [1.54, 1.807) is 0 Å². The maximum Gasteiger partial charge on any atom is 0.125 e. The standard InChI is InChI=1S/C9H14N2.C2H6.H2/c1-6(2)9-5-10-8(4)11-7(9)3;1-2;/h5-6H,1-4H3;1-2H3;1H. The lowest BCUT2D eigenvalue weighted by Crippen LogP contribution is -1.98. The number of hydrogen-bond acceptors (Lipinski definition) is 2. The van der Waals surface area contributed by atoms with Gasteiger partial charge in [0.05, 0.1) is 0 Å². The Morgan fingerprint density at radius 2 is 1.77 bits per heavy atom. The first-order valence-corrected chi connectivity index (χ1v) is 4.91. The van der Waals surface area contributed by atoms with Crippen molar-refractivity contribution in [2.24, 2.45) is 0 Å². The zero-order valence-corrected chi connectivity index (χ0v) is 9.55. The van der Waals surface area contributed by atoms with Crippen molar-refractivity contribution in [1.82, 2.24) is 9.97 Å². The van der Waals surface area contributed by atoms with Gasteiger partial charge < -0.3 is 0 Å². The predicted octanol–water partition coefficient (Wildman–Crippen LogP) is 3.49. The molecule has 0 saturated heterocycles. The van der Waals surface area contributed by atoms with Crippen LogP contribution >= 0.6 is 0 Å². The Bertz CT molecular complexity index is 259. The van der Waals surface area contributed by atoms with Gasteiger partial charge in [0.2, 0.25) is 0 Å². The summed E-state index contributed by atoms with van der Waals surface area (Å²) < 4.78 is 0. The van der Waals surface area contributed by atoms with Gasteiger partial charge in [-0.3, -0.25) is 0 Å². The van der Waals surface area contributed by atoms with Gasteiger partial charge in [0, 0.05) is 13.3 Å². The van der Waals surface area contributed by atoms with Gasteiger partial charge in [0.15, 0.2) is 0 Å². The molecule has 2 nitrogen and oxygen atoms in total. The SMILES string of the molecule is CC.Cc1ncc(C(C)C)c(C)n1.[HH]. The van der Waals surface area contributed by atoms with Crippen LogP contribution in [-0.4, -0.2) is 9.97 Å². The molecule has 2 heteroatoms. The number of hydrogen-bond donors (Lipinski definition) is 0. The smallest absolute Gasteiger partial charge is 0.125 e. The van der Waals surface area contributed by atoms with E-state index in [0.717, 1.165) is 11.5 Å². The summed E-state index contributed by atoms with van der Waals surface area (Å²) in [7, 11) is 0. The van der Waals surface area contributed by atoms with Gasteiger partial charge in [-0.1, -0.05) is 27.7 Å². The maximum absolute atomic E-state index is 4.28. The highest BCUT2D eigenvalue weighted by Crippen LogP contribution is 2.15. The normalized spacial score (nSPS) is 9.46. The topological polar surface area (TPSA) is 25.8 Å². The average Bonchev–Trinajstić information content (AvgIpc) is 2.07. The number of aryl methyl sites for hydroxylation is 2. The Kier molecular flexibility index (Phi) is 5.28. The summed E-state index contributed by atoms with van der Waals surface area (Å²) in [6.07, 6.45) is 1.92. The molecule has 0 fully saturated rings. The second kappa shape index (κ2) is 5.68. The van der Waals surface area contributed by atoms with Gasteiger partial charge in [0.25, 0.3) is 0 Å². The van der Waals surface area contributed by atoms with Crippen molar-refractivity contribution in [3.05, 3.63) is 23.3 Å². The minimum Gasteiger partial charge on any atom is -0.241 e. The van der Waals surface area contributed by atoms with Gasteiger partial charge >= 0.3 is 0 Å². The van der Waals surface area contributed by atoms with E-state index in [4.69, 9.17) is 0 Å². The molecule has 0 aliphatic rings. The Balaban J connectivity index is 0. The molecule has 1 rings (SSSR count). The summed E-state index contributed by atoms with van der Waals surface area (Å²) >= 11 is 0. The second-order valence-electron chi connectivity index (χ2n) is 3.11. The van der Waals surface area contributed by atoms with Crippen molar-refractivity contribution in [3.63, 3.8) is 0 Å². The van der Waals surface area contributed by atoms with Crippen LogP contribution < -0.4 is 0 Å². The number of rotatable bonds is 1. The van der Waals surface area contributed by atoms with E-state index in [0.29, 0.717) is 5.92 Å². The highest BCUT2D eigenvalue weighted by molar-refractivity contribution is 5.19. The molecule has 1 aromatic heterocycles. The zero-order chi connectivity index (χ0) is 10.4. The Morgan fingerprint density at radius 3 is 2.15 bits per heavy atom. The van der Waals surface area contributed by atoms with Crippen molar-refractivity contribution in [1.29, 1.82) is 0 Å². The summed E-state index contributed by atoms with van der Waals surface area (Å²) in [6, 6.07) is 0. The van der Waals surface area contributed by atoms with E-state index in [1.807, 2.05) is 33.9 Å². The molecule has 0 bridgehead atoms. The lowest BCUT2D eigenvalue weighted by Gasteiger charge is -2.07. The molecule has 1 aromatic rings. The van der Waals surface area contributed by atoms with Crippen LogP contribution in [0.1, 0.15) is 52.1 Å². The summed E-state index contributed by atoms with van der Waals surface area (Å²) in [6.45, 7) is 12.3. The van der Waals surface area contributed by atoms with Crippen LogP contribution in [0.2, 0.25) is 0 Å². The lowest BCUT2D eigenvalue weighted by atomic mass is 10.0. The van der Waals surface area contributed by atoms with Crippen LogP contribution in [0, 0.1) is 13.8 Å². The molecule has 0 atom stereocenters. The molecule has 1 heterocycles. The summed E-state index contributed by atoms with van der Waals surface area (Å²) in [4.78, 5) is 8.43. The van der Waals surface area contributed by atoms with Crippen molar-refractivity contribution >= 4 is 0 Å². The molecular weight excluding hydrogens is 160 g/mol. The van der Waals surface area contributed by atoms with Crippen molar-refractivity contribution in [2.75, 3.05) is 0 Å².